The van der Waals surface area contributed by atoms with Crippen LogP contribution in [0.2, 0.25) is 0 Å². The molecule has 0 aromatic rings. The Morgan fingerprint density at radius 3 is 2.39 bits per heavy atom. The third kappa shape index (κ3) is 2.03. The Labute approximate surface area is 164 Å². The van der Waals surface area contributed by atoms with Gasteiger partial charge in [-0.1, -0.05) is 25.5 Å². The highest BCUT2D eigenvalue weighted by Gasteiger charge is 2.81. The summed E-state index contributed by atoms with van der Waals surface area (Å²) in [6, 6.07) is 0. The van der Waals surface area contributed by atoms with Crippen LogP contribution in [0, 0.1) is 22.7 Å². The standard InChI is InChI=1S/C21H32O7/c1-10(22)13-9-14(24)21(28)19(13,3)17(26)15(25)16-18(2)6-5-12(23)8-11(18)4-7-20(16,21)27/h4,12-17,23-28H,5-9H2,1-3H3. The second-order valence-electron chi connectivity index (χ2n) is 10.0. The first-order chi connectivity index (χ1) is 12.9. The number of carbonyl (C=O) groups excluding carboxylic acids is 1. The lowest BCUT2D eigenvalue weighted by molar-refractivity contribution is -0.342. The van der Waals surface area contributed by atoms with E-state index in [0.29, 0.717) is 19.3 Å². The van der Waals surface area contributed by atoms with Crippen molar-refractivity contribution in [3.05, 3.63) is 11.6 Å². The van der Waals surface area contributed by atoms with Crippen LogP contribution in [0.15, 0.2) is 11.6 Å². The molecule has 158 valence electrons. The van der Waals surface area contributed by atoms with Crippen molar-refractivity contribution in [2.75, 3.05) is 0 Å². The van der Waals surface area contributed by atoms with Crippen molar-refractivity contribution in [1.29, 1.82) is 0 Å². The van der Waals surface area contributed by atoms with Gasteiger partial charge in [0.25, 0.3) is 0 Å². The molecule has 28 heavy (non-hydrogen) atoms. The van der Waals surface area contributed by atoms with Crippen molar-refractivity contribution in [3.8, 4) is 0 Å². The highest BCUT2D eigenvalue weighted by molar-refractivity contribution is 5.80. The molecule has 7 heteroatoms. The predicted molar refractivity (Wildman–Crippen MR) is 99.0 cm³/mol. The number of rotatable bonds is 1. The Morgan fingerprint density at radius 2 is 1.79 bits per heavy atom. The van der Waals surface area contributed by atoms with E-state index < -0.39 is 58.3 Å². The van der Waals surface area contributed by atoms with Crippen LogP contribution in [0.3, 0.4) is 0 Å². The molecule has 4 rings (SSSR count). The van der Waals surface area contributed by atoms with Gasteiger partial charge in [0, 0.05) is 17.3 Å². The van der Waals surface area contributed by atoms with Crippen molar-refractivity contribution in [2.24, 2.45) is 22.7 Å². The molecular weight excluding hydrogens is 364 g/mol. The number of fused-ring (bicyclic) bond motifs is 5. The number of Topliss-reactive ketones (excluding diaryl/α,β-unsaturated/α-hetero) is 1. The molecule has 0 aromatic heterocycles. The minimum absolute atomic E-state index is 0.0210. The molecule has 0 aromatic carbocycles. The van der Waals surface area contributed by atoms with Crippen molar-refractivity contribution < 1.29 is 35.4 Å². The van der Waals surface area contributed by atoms with Crippen LogP contribution in [-0.2, 0) is 4.79 Å². The van der Waals surface area contributed by atoms with Gasteiger partial charge >= 0.3 is 0 Å². The molecule has 10 unspecified atom stereocenters. The van der Waals surface area contributed by atoms with Crippen LogP contribution < -0.4 is 0 Å². The van der Waals surface area contributed by atoms with Gasteiger partial charge in [-0.2, -0.15) is 0 Å². The molecule has 3 fully saturated rings. The van der Waals surface area contributed by atoms with Crippen molar-refractivity contribution in [1.82, 2.24) is 0 Å². The second kappa shape index (κ2) is 5.86. The lowest BCUT2D eigenvalue weighted by Gasteiger charge is -2.67. The summed E-state index contributed by atoms with van der Waals surface area (Å²) in [5.74, 6) is -2.11. The fourth-order valence-electron chi connectivity index (χ4n) is 7.45. The summed E-state index contributed by atoms with van der Waals surface area (Å²) < 4.78 is 0. The van der Waals surface area contributed by atoms with E-state index in [4.69, 9.17) is 0 Å². The average molecular weight is 396 g/mol. The minimum atomic E-state index is -2.15. The van der Waals surface area contributed by atoms with E-state index in [1.165, 1.54) is 13.8 Å². The topological polar surface area (TPSA) is 138 Å². The zero-order valence-corrected chi connectivity index (χ0v) is 16.7. The van der Waals surface area contributed by atoms with Crippen LogP contribution in [-0.4, -0.2) is 72.0 Å². The number of hydrogen-bond donors (Lipinski definition) is 6. The van der Waals surface area contributed by atoms with Crippen LogP contribution >= 0.6 is 0 Å². The molecule has 0 spiro atoms. The SMILES string of the molecule is CC(=O)C1CC(O)C2(O)C3(O)CC=C4CC(O)CCC4(C)C3C(O)C(O)C12C. The fourth-order valence-corrected chi connectivity index (χ4v) is 7.45. The molecule has 0 aliphatic heterocycles. The lowest BCUT2D eigenvalue weighted by atomic mass is 9.41. The molecule has 0 bridgehead atoms. The number of aliphatic hydroxyl groups excluding tert-OH is 4. The maximum absolute atomic E-state index is 12.3. The number of ketones is 1. The van der Waals surface area contributed by atoms with E-state index in [9.17, 15) is 35.4 Å². The zero-order chi connectivity index (χ0) is 20.9. The fraction of sp³-hybridized carbons (Fsp3) is 0.857. The van der Waals surface area contributed by atoms with Gasteiger partial charge in [-0.15, -0.1) is 0 Å². The third-order valence-corrected chi connectivity index (χ3v) is 8.96. The van der Waals surface area contributed by atoms with Crippen molar-refractivity contribution >= 4 is 5.78 Å². The van der Waals surface area contributed by atoms with Gasteiger partial charge in [0.05, 0.1) is 24.4 Å². The Bertz CT molecular complexity index is 736. The molecule has 0 amide bonds. The quantitative estimate of drug-likeness (QED) is 0.333. The summed E-state index contributed by atoms with van der Waals surface area (Å²) in [5.41, 5.74) is -5.49. The Kier molecular flexibility index (Phi) is 4.28. The molecular formula is C21H32O7. The summed E-state index contributed by atoms with van der Waals surface area (Å²) in [6.45, 7) is 4.71. The summed E-state index contributed by atoms with van der Waals surface area (Å²) in [4.78, 5) is 12.3. The van der Waals surface area contributed by atoms with Gasteiger partial charge in [0.2, 0.25) is 0 Å². The lowest BCUT2D eigenvalue weighted by Crippen LogP contribution is -2.81. The molecule has 4 aliphatic carbocycles. The van der Waals surface area contributed by atoms with Gasteiger partial charge in [-0.3, -0.25) is 4.79 Å². The molecule has 0 heterocycles. The van der Waals surface area contributed by atoms with Gasteiger partial charge in [0.1, 0.15) is 17.0 Å². The Balaban J connectivity index is 1.93. The molecule has 6 N–H and O–H groups in total. The van der Waals surface area contributed by atoms with Crippen molar-refractivity contribution in [3.63, 3.8) is 0 Å². The third-order valence-electron chi connectivity index (χ3n) is 8.96. The van der Waals surface area contributed by atoms with Gasteiger partial charge in [-0.25, -0.2) is 0 Å². The first-order valence-corrected chi connectivity index (χ1v) is 10.2. The highest BCUT2D eigenvalue weighted by Crippen LogP contribution is 2.69. The van der Waals surface area contributed by atoms with Gasteiger partial charge in [0.15, 0.2) is 0 Å². The summed E-state index contributed by atoms with van der Waals surface area (Å²) in [6.07, 6.45) is -1.69. The van der Waals surface area contributed by atoms with Crippen LogP contribution in [0.4, 0.5) is 0 Å². The Hall–Kier alpha value is -0.830. The normalized spacial score (nSPS) is 58.4. The number of aliphatic hydroxyl groups is 6. The van der Waals surface area contributed by atoms with Crippen LogP contribution in [0.25, 0.3) is 0 Å². The first-order valence-electron chi connectivity index (χ1n) is 10.2. The monoisotopic (exact) mass is 396 g/mol. The maximum Gasteiger partial charge on any atom is 0.133 e. The smallest absolute Gasteiger partial charge is 0.133 e. The molecule has 0 saturated heterocycles. The first kappa shape index (κ1) is 20.4. The van der Waals surface area contributed by atoms with E-state index in [0.717, 1.165) is 5.57 Å². The zero-order valence-electron chi connectivity index (χ0n) is 16.7. The second-order valence-corrected chi connectivity index (χ2v) is 10.0. The molecule has 7 nitrogen and oxygen atoms in total. The van der Waals surface area contributed by atoms with E-state index in [-0.39, 0.29) is 18.6 Å². The molecule has 3 saturated carbocycles. The number of hydrogen-bond acceptors (Lipinski definition) is 7. The maximum atomic E-state index is 12.3. The van der Waals surface area contributed by atoms with Gasteiger partial charge in [-0.05, 0) is 44.4 Å². The molecule has 0 radical (unpaired) electrons. The summed E-state index contributed by atoms with van der Waals surface area (Å²) >= 11 is 0. The summed E-state index contributed by atoms with van der Waals surface area (Å²) in [5, 5.41) is 67.1. The minimum Gasteiger partial charge on any atom is -0.393 e. The molecule has 4 aliphatic rings. The summed E-state index contributed by atoms with van der Waals surface area (Å²) in [7, 11) is 0. The van der Waals surface area contributed by atoms with Crippen LogP contribution in [0.5, 0.6) is 0 Å². The predicted octanol–water partition coefficient (Wildman–Crippen LogP) is -0.343. The van der Waals surface area contributed by atoms with E-state index in [2.05, 4.69) is 0 Å². The van der Waals surface area contributed by atoms with E-state index in [1.54, 1.807) is 6.08 Å². The largest absolute Gasteiger partial charge is 0.393 e. The van der Waals surface area contributed by atoms with Gasteiger partial charge < -0.3 is 30.6 Å². The Morgan fingerprint density at radius 1 is 1.14 bits per heavy atom. The van der Waals surface area contributed by atoms with Crippen molar-refractivity contribution in [2.45, 2.75) is 88.5 Å². The number of carbonyl (C=O) groups is 1. The molecule has 10 atom stereocenters. The highest BCUT2D eigenvalue weighted by atomic mass is 16.4. The van der Waals surface area contributed by atoms with Crippen LogP contribution in [0.1, 0.15) is 52.9 Å². The van der Waals surface area contributed by atoms with E-state index in [1.807, 2.05) is 6.92 Å². The van der Waals surface area contributed by atoms with E-state index >= 15 is 0 Å². The average Bonchev–Trinajstić information content (AvgIpc) is 2.84.